The minimum atomic E-state index is -0.552. The van der Waals surface area contributed by atoms with Crippen LogP contribution < -0.4 is 11.1 Å². The Balaban J connectivity index is 2.19. The minimum Gasteiger partial charge on any atom is -0.399 e. The molecule has 2 aromatic rings. The Labute approximate surface area is 101 Å². The lowest BCUT2D eigenvalue weighted by atomic mass is 10.2. The molecule has 1 aromatic heterocycles. The molecule has 2 rings (SSSR count). The molecule has 0 saturated heterocycles. The smallest absolute Gasteiger partial charge is 0.257 e. The summed E-state index contributed by atoms with van der Waals surface area (Å²) in [6, 6.07) is 3.65. The van der Waals surface area contributed by atoms with E-state index < -0.39 is 11.7 Å². The number of rotatable bonds is 2. The summed E-state index contributed by atoms with van der Waals surface area (Å²) in [6.45, 7) is 1.71. The third-order valence-electron chi connectivity index (χ3n) is 1.93. The van der Waals surface area contributed by atoms with Crippen molar-refractivity contribution in [2.24, 2.45) is 0 Å². The van der Waals surface area contributed by atoms with Gasteiger partial charge in [0.05, 0.1) is 0 Å². The maximum Gasteiger partial charge on any atom is 0.257 e. The molecule has 0 aliphatic carbocycles. The number of nitrogens with one attached hydrogen (secondary N) is 1. The van der Waals surface area contributed by atoms with Crippen molar-refractivity contribution in [3.05, 3.63) is 35.4 Å². The largest absolute Gasteiger partial charge is 0.399 e. The van der Waals surface area contributed by atoms with Crippen LogP contribution in [0.1, 0.15) is 16.2 Å². The average molecular weight is 252 g/mol. The second-order valence-corrected chi connectivity index (χ2v) is 4.13. The molecule has 0 aliphatic heterocycles. The summed E-state index contributed by atoms with van der Waals surface area (Å²) in [4.78, 5) is 15.7. The quantitative estimate of drug-likeness (QED) is 0.799. The van der Waals surface area contributed by atoms with E-state index >= 15 is 0 Å². The van der Waals surface area contributed by atoms with Crippen molar-refractivity contribution in [2.45, 2.75) is 6.92 Å². The summed E-state index contributed by atoms with van der Waals surface area (Å²) in [5, 5.41) is 2.89. The van der Waals surface area contributed by atoms with Gasteiger partial charge < -0.3 is 5.73 Å². The molecule has 17 heavy (non-hydrogen) atoms. The van der Waals surface area contributed by atoms with Gasteiger partial charge in [-0.15, -0.1) is 0 Å². The average Bonchev–Trinajstić information content (AvgIpc) is 2.62. The van der Waals surface area contributed by atoms with Gasteiger partial charge in [0.2, 0.25) is 5.13 Å². The lowest BCUT2D eigenvalue weighted by Gasteiger charge is -2.02. The number of carbonyl (C=O) groups is 1. The van der Waals surface area contributed by atoms with E-state index in [0.29, 0.717) is 11.0 Å². The predicted octanol–water partition coefficient (Wildman–Crippen LogP) is 1.82. The maximum absolute atomic E-state index is 13.0. The standard InChI is InChI=1S/C10H9FN4OS/c1-5-13-10(17-15-5)14-9(16)6-2-7(11)4-8(12)3-6/h2-4H,12H2,1H3,(H,13,14,15,16). The van der Waals surface area contributed by atoms with Gasteiger partial charge in [-0.2, -0.15) is 4.37 Å². The van der Waals surface area contributed by atoms with E-state index in [1.54, 1.807) is 6.92 Å². The van der Waals surface area contributed by atoms with Gasteiger partial charge in [0, 0.05) is 22.8 Å². The number of hydrogen-bond acceptors (Lipinski definition) is 5. The van der Waals surface area contributed by atoms with Crippen molar-refractivity contribution in [1.29, 1.82) is 0 Å². The summed E-state index contributed by atoms with van der Waals surface area (Å²) in [5.41, 5.74) is 5.80. The van der Waals surface area contributed by atoms with E-state index in [4.69, 9.17) is 5.73 Å². The molecule has 3 N–H and O–H groups in total. The Morgan fingerprint density at radius 3 is 2.82 bits per heavy atom. The summed E-state index contributed by atoms with van der Waals surface area (Å²) in [6.07, 6.45) is 0. The van der Waals surface area contributed by atoms with Gasteiger partial charge in [-0.25, -0.2) is 9.37 Å². The van der Waals surface area contributed by atoms with Crippen LogP contribution in [-0.2, 0) is 0 Å². The molecule has 0 saturated carbocycles. The van der Waals surface area contributed by atoms with Crippen LogP contribution in [-0.4, -0.2) is 15.3 Å². The lowest BCUT2D eigenvalue weighted by Crippen LogP contribution is -2.12. The molecule has 0 unspecified atom stereocenters. The van der Waals surface area contributed by atoms with Gasteiger partial charge in [0.1, 0.15) is 11.6 Å². The number of anilines is 2. The summed E-state index contributed by atoms with van der Waals surface area (Å²) in [7, 11) is 0. The van der Waals surface area contributed by atoms with Crippen molar-refractivity contribution >= 4 is 28.3 Å². The number of aryl methyl sites for hydroxylation is 1. The molecule has 7 heteroatoms. The maximum atomic E-state index is 13.0. The highest BCUT2D eigenvalue weighted by Crippen LogP contribution is 2.15. The van der Waals surface area contributed by atoms with Crippen LogP contribution >= 0.6 is 11.5 Å². The molecule has 0 radical (unpaired) electrons. The number of benzene rings is 1. The van der Waals surface area contributed by atoms with Crippen LogP contribution in [0.5, 0.6) is 0 Å². The molecule has 0 atom stereocenters. The molecule has 0 spiro atoms. The number of halogens is 1. The highest BCUT2D eigenvalue weighted by Gasteiger charge is 2.10. The van der Waals surface area contributed by atoms with Crippen LogP contribution in [0.2, 0.25) is 0 Å². The van der Waals surface area contributed by atoms with Gasteiger partial charge in [0.25, 0.3) is 5.91 Å². The number of aromatic nitrogens is 2. The van der Waals surface area contributed by atoms with Crippen molar-refractivity contribution in [3.8, 4) is 0 Å². The topological polar surface area (TPSA) is 80.9 Å². The molecule has 0 fully saturated rings. The van der Waals surface area contributed by atoms with Crippen molar-refractivity contribution in [2.75, 3.05) is 11.1 Å². The third kappa shape index (κ3) is 2.76. The van der Waals surface area contributed by atoms with Crippen molar-refractivity contribution in [3.63, 3.8) is 0 Å². The fourth-order valence-electron chi connectivity index (χ4n) is 1.26. The molecule has 88 valence electrons. The van der Waals surface area contributed by atoms with Gasteiger partial charge in [-0.05, 0) is 25.1 Å². The van der Waals surface area contributed by atoms with Gasteiger partial charge in [-0.1, -0.05) is 0 Å². The Kier molecular flexibility index (Phi) is 3.01. The molecule has 1 heterocycles. The van der Waals surface area contributed by atoms with Crippen LogP contribution in [0.25, 0.3) is 0 Å². The second-order valence-electron chi connectivity index (χ2n) is 3.37. The van der Waals surface area contributed by atoms with Gasteiger partial charge in [-0.3, -0.25) is 10.1 Å². The molecule has 5 nitrogen and oxygen atoms in total. The van der Waals surface area contributed by atoms with Crippen LogP contribution in [0.4, 0.5) is 15.2 Å². The predicted molar refractivity (Wildman–Crippen MR) is 63.4 cm³/mol. The van der Waals surface area contributed by atoms with Gasteiger partial charge in [0.15, 0.2) is 0 Å². The van der Waals surface area contributed by atoms with E-state index in [1.165, 1.54) is 6.07 Å². The first-order valence-corrected chi connectivity index (χ1v) is 5.49. The number of hydrogen-bond donors (Lipinski definition) is 2. The number of nitrogen functional groups attached to an aromatic ring is 1. The van der Waals surface area contributed by atoms with Crippen LogP contribution in [0.3, 0.4) is 0 Å². The number of amides is 1. The normalized spacial score (nSPS) is 10.2. The second kappa shape index (κ2) is 4.46. The number of nitrogens with two attached hydrogens (primary N) is 1. The Morgan fingerprint density at radius 2 is 2.24 bits per heavy atom. The highest BCUT2D eigenvalue weighted by molar-refractivity contribution is 7.09. The van der Waals surface area contributed by atoms with Crippen LogP contribution in [0, 0.1) is 12.7 Å². The molecule has 1 amide bonds. The third-order valence-corrected chi connectivity index (χ3v) is 2.65. The number of nitrogens with zero attached hydrogens (tertiary/aromatic N) is 2. The lowest BCUT2D eigenvalue weighted by molar-refractivity contribution is 0.102. The number of carbonyl (C=O) groups excluding carboxylic acids is 1. The van der Waals surface area contributed by atoms with E-state index in [1.807, 2.05) is 0 Å². The van der Waals surface area contributed by atoms with Crippen LogP contribution in [0.15, 0.2) is 18.2 Å². The molecule has 0 bridgehead atoms. The first-order chi connectivity index (χ1) is 8.04. The van der Waals surface area contributed by atoms with E-state index in [2.05, 4.69) is 14.7 Å². The fourth-order valence-corrected chi connectivity index (χ4v) is 1.83. The van der Waals surface area contributed by atoms with Crippen molar-refractivity contribution in [1.82, 2.24) is 9.36 Å². The van der Waals surface area contributed by atoms with E-state index in [-0.39, 0.29) is 11.3 Å². The monoisotopic (exact) mass is 252 g/mol. The SMILES string of the molecule is Cc1nsc(NC(=O)c2cc(N)cc(F)c2)n1. The summed E-state index contributed by atoms with van der Waals surface area (Å²) >= 11 is 1.06. The molecule has 1 aromatic carbocycles. The minimum absolute atomic E-state index is 0.148. The van der Waals surface area contributed by atoms with E-state index in [0.717, 1.165) is 23.7 Å². The first-order valence-electron chi connectivity index (χ1n) is 4.72. The Morgan fingerprint density at radius 1 is 1.47 bits per heavy atom. The van der Waals surface area contributed by atoms with Crippen molar-refractivity contribution < 1.29 is 9.18 Å². The molecular formula is C10H9FN4OS. The summed E-state index contributed by atoms with van der Waals surface area (Å²) in [5.74, 6) is -0.444. The van der Waals surface area contributed by atoms with Gasteiger partial charge >= 0.3 is 0 Å². The highest BCUT2D eigenvalue weighted by atomic mass is 32.1. The Hall–Kier alpha value is -2.02. The Bertz CT molecular complexity index is 549. The fraction of sp³-hybridized carbons (Fsp3) is 0.100. The molecule has 0 aliphatic rings. The zero-order chi connectivity index (χ0) is 12.4. The zero-order valence-corrected chi connectivity index (χ0v) is 9.71. The first kappa shape index (κ1) is 11.5. The molecular weight excluding hydrogens is 243 g/mol. The zero-order valence-electron chi connectivity index (χ0n) is 8.90. The van der Waals surface area contributed by atoms with E-state index in [9.17, 15) is 9.18 Å². The summed E-state index contributed by atoms with van der Waals surface area (Å²) < 4.78 is 17.0.